The Morgan fingerprint density at radius 2 is 1.79 bits per heavy atom. The van der Waals surface area contributed by atoms with Crippen molar-refractivity contribution in [1.82, 2.24) is 9.97 Å². The van der Waals surface area contributed by atoms with E-state index in [1.54, 1.807) is 19.6 Å². The lowest BCUT2D eigenvalue weighted by atomic mass is 9.80. The van der Waals surface area contributed by atoms with Gasteiger partial charge in [0.1, 0.15) is 11.4 Å². The summed E-state index contributed by atoms with van der Waals surface area (Å²) in [7, 11) is 1.66. The van der Waals surface area contributed by atoms with Crippen LogP contribution in [0, 0.1) is 5.92 Å². The van der Waals surface area contributed by atoms with Crippen molar-refractivity contribution in [2.75, 3.05) is 7.11 Å². The predicted octanol–water partition coefficient (Wildman–Crippen LogP) is 3.98. The Kier molecular flexibility index (Phi) is 4.40. The largest absolute Gasteiger partial charge is 0.497 e. The van der Waals surface area contributed by atoms with E-state index >= 15 is 0 Å². The number of nitrogens with zero attached hydrogens (tertiary/aromatic N) is 1. The van der Waals surface area contributed by atoms with Crippen LogP contribution in [-0.2, 0) is 5.60 Å². The molecule has 0 amide bonds. The number of ether oxygens (including phenoxy) is 1. The maximum Gasteiger partial charge on any atom is 0.133 e. The molecule has 1 heterocycles. The third-order valence-corrected chi connectivity index (χ3v) is 4.45. The molecule has 0 fully saturated rings. The zero-order valence-electron chi connectivity index (χ0n) is 14.2. The third kappa shape index (κ3) is 2.81. The lowest BCUT2D eigenvalue weighted by Gasteiger charge is -2.32. The van der Waals surface area contributed by atoms with Crippen molar-refractivity contribution in [2.45, 2.75) is 19.4 Å². The van der Waals surface area contributed by atoms with Gasteiger partial charge in [-0.25, -0.2) is 4.98 Å². The molecule has 0 aliphatic rings. The van der Waals surface area contributed by atoms with Crippen LogP contribution >= 0.6 is 0 Å². The molecule has 4 nitrogen and oxygen atoms in total. The molecule has 24 heavy (non-hydrogen) atoms. The Morgan fingerprint density at radius 1 is 1.08 bits per heavy atom. The van der Waals surface area contributed by atoms with Gasteiger partial charge in [-0.2, -0.15) is 0 Å². The number of aliphatic hydroxyl groups is 1. The summed E-state index contributed by atoms with van der Waals surface area (Å²) < 4.78 is 5.31. The van der Waals surface area contributed by atoms with Crippen LogP contribution in [-0.4, -0.2) is 22.2 Å². The summed E-state index contributed by atoms with van der Waals surface area (Å²) in [4.78, 5) is 7.12. The van der Waals surface area contributed by atoms with Crippen molar-refractivity contribution in [2.24, 2.45) is 5.92 Å². The van der Waals surface area contributed by atoms with E-state index in [1.165, 1.54) is 0 Å². The smallest absolute Gasteiger partial charge is 0.133 e. The average Bonchev–Trinajstić information content (AvgIpc) is 3.16. The van der Waals surface area contributed by atoms with Gasteiger partial charge in [0.15, 0.2) is 0 Å². The van der Waals surface area contributed by atoms with Gasteiger partial charge in [0.2, 0.25) is 0 Å². The fourth-order valence-corrected chi connectivity index (χ4v) is 3.00. The van der Waals surface area contributed by atoms with E-state index in [0.29, 0.717) is 5.69 Å². The molecule has 1 aromatic heterocycles. The number of aromatic nitrogens is 2. The molecule has 0 aliphatic heterocycles. The van der Waals surface area contributed by atoms with Gasteiger partial charge in [-0.05, 0) is 40.8 Å². The number of hydrogen-bond donors (Lipinski definition) is 2. The van der Waals surface area contributed by atoms with Crippen molar-refractivity contribution in [1.29, 1.82) is 0 Å². The number of rotatable bonds is 5. The van der Waals surface area contributed by atoms with E-state index in [-0.39, 0.29) is 5.92 Å². The first-order valence-electron chi connectivity index (χ1n) is 8.02. The lowest BCUT2D eigenvalue weighted by molar-refractivity contribution is 0.0280. The van der Waals surface area contributed by atoms with Crippen LogP contribution in [0.4, 0.5) is 0 Å². The fourth-order valence-electron chi connectivity index (χ4n) is 3.00. The highest BCUT2D eigenvalue weighted by atomic mass is 16.5. The van der Waals surface area contributed by atoms with Gasteiger partial charge in [0.05, 0.1) is 25.3 Å². The highest BCUT2D eigenvalue weighted by Gasteiger charge is 2.36. The molecule has 2 N–H and O–H groups in total. The van der Waals surface area contributed by atoms with Crippen LogP contribution in [0.2, 0.25) is 0 Å². The molecule has 0 radical (unpaired) electrons. The van der Waals surface area contributed by atoms with E-state index in [0.717, 1.165) is 22.4 Å². The lowest BCUT2D eigenvalue weighted by Crippen LogP contribution is -2.33. The standard InChI is InChI=1S/C20H22N2O2/c1-14(2)20(23,19-12-21-13-22-19)17-8-4-6-15(10-17)16-7-5-9-18(11-16)24-3/h4-14,23H,1-3H3,(H,21,22). The zero-order chi connectivity index (χ0) is 17.2. The molecule has 3 rings (SSSR count). The first kappa shape index (κ1) is 16.3. The minimum atomic E-state index is -1.12. The van der Waals surface area contributed by atoms with Crippen molar-refractivity contribution >= 4 is 0 Å². The maximum atomic E-state index is 11.4. The van der Waals surface area contributed by atoms with Gasteiger partial charge in [-0.15, -0.1) is 0 Å². The molecule has 1 unspecified atom stereocenters. The number of hydrogen-bond acceptors (Lipinski definition) is 3. The van der Waals surface area contributed by atoms with Gasteiger partial charge in [-0.1, -0.05) is 44.2 Å². The summed E-state index contributed by atoms with van der Waals surface area (Å²) >= 11 is 0. The second-order valence-electron chi connectivity index (χ2n) is 6.20. The molecule has 0 spiro atoms. The number of methoxy groups -OCH3 is 1. The summed E-state index contributed by atoms with van der Waals surface area (Å²) in [5.74, 6) is 0.795. The van der Waals surface area contributed by atoms with Crippen LogP contribution in [0.5, 0.6) is 5.75 Å². The SMILES string of the molecule is COc1cccc(-c2cccc(C(O)(c3cnc[nH]3)C(C)C)c2)c1. The second-order valence-corrected chi connectivity index (χ2v) is 6.20. The highest BCUT2D eigenvalue weighted by molar-refractivity contribution is 5.66. The van der Waals surface area contributed by atoms with Crippen molar-refractivity contribution in [3.8, 4) is 16.9 Å². The van der Waals surface area contributed by atoms with E-state index in [1.807, 2.05) is 62.4 Å². The minimum absolute atomic E-state index is 0.0153. The topological polar surface area (TPSA) is 58.1 Å². The molecule has 124 valence electrons. The molecular formula is C20H22N2O2. The molecule has 3 aromatic rings. The molecule has 0 saturated heterocycles. The normalized spacial score (nSPS) is 13.7. The molecule has 1 atom stereocenters. The number of nitrogens with one attached hydrogen (secondary N) is 1. The van der Waals surface area contributed by atoms with E-state index < -0.39 is 5.60 Å². The molecule has 0 aliphatic carbocycles. The average molecular weight is 322 g/mol. The van der Waals surface area contributed by atoms with Crippen LogP contribution in [0.15, 0.2) is 61.1 Å². The first-order valence-corrected chi connectivity index (χ1v) is 8.02. The van der Waals surface area contributed by atoms with E-state index in [4.69, 9.17) is 4.74 Å². The molecule has 0 saturated carbocycles. The second kappa shape index (κ2) is 6.49. The maximum absolute atomic E-state index is 11.4. The van der Waals surface area contributed by atoms with Gasteiger partial charge < -0.3 is 14.8 Å². The third-order valence-electron chi connectivity index (χ3n) is 4.45. The summed E-state index contributed by atoms with van der Waals surface area (Å²) in [5, 5.41) is 11.4. The number of benzene rings is 2. The Bertz CT molecular complexity index is 812. The van der Waals surface area contributed by atoms with Crippen molar-refractivity contribution < 1.29 is 9.84 Å². The highest BCUT2D eigenvalue weighted by Crippen LogP contribution is 2.37. The molecule has 2 aromatic carbocycles. The zero-order valence-corrected chi connectivity index (χ0v) is 14.2. The summed E-state index contributed by atoms with van der Waals surface area (Å²) in [5.41, 5.74) is 2.49. The molecule has 4 heteroatoms. The minimum Gasteiger partial charge on any atom is -0.497 e. The van der Waals surface area contributed by atoms with Crippen LogP contribution in [0.3, 0.4) is 0 Å². The van der Waals surface area contributed by atoms with Crippen LogP contribution < -0.4 is 4.74 Å². The first-order chi connectivity index (χ1) is 11.6. The fraction of sp³-hybridized carbons (Fsp3) is 0.250. The van der Waals surface area contributed by atoms with Crippen molar-refractivity contribution in [3.05, 3.63) is 72.3 Å². The Balaban J connectivity index is 2.09. The Morgan fingerprint density at radius 3 is 2.42 bits per heavy atom. The molecule has 0 bridgehead atoms. The van der Waals surface area contributed by atoms with Crippen LogP contribution in [0.25, 0.3) is 11.1 Å². The van der Waals surface area contributed by atoms with Gasteiger partial charge in [-0.3, -0.25) is 0 Å². The number of H-pyrrole nitrogens is 1. The van der Waals surface area contributed by atoms with Crippen molar-refractivity contribution in [3.63, 3.8) is 0 Å². The summed E-state index contributed by atoms with van der Waals surface area (Å²) in [6.07, 6.45) is 3.27. The molecular weight excluding hydrogens is 300 g/mol. The summed E-state index contributed by atoms with van der Waals surface area (Å²) in [6, 6.07) is 15.9. The summed E-state index contributed by atoms with van der Waals surface area (Å²) in [6.45, 7) is 4.00. The van der Waals surface area contributed by atoms with Gasteiger partial charge in [0.25, 0.3) is 0 Å². The van der Waals surface area contributed by atoms with E-state index in [2.05, 4.69) is 9.97 Å². The monoisotopic (exact) mass is 322 g/mol. The predicted molar refractivity (Wildman–Crippen MR) is 94.9 cm³/mol. The van der Waals surface area contributed by atoms with Crippen LogP contribution in [0.1, 0.15) is 25.1 Å². The number of aromatic amines is 1. The Labute approximate surface area is 142 Å². The Hall–Kier alpha value is -2.59. The van der Waals surface area contributed by atoms with E-state index in [9.17, 15) is 5.11 Å². The number of imidazole rings is 1. The quantitative estimate of drug-likeness (QED) is 0.747. The van der Waals surface area contributed by atoms with Gasteiger partial charge in [0, 0.05) is 0 Å². The van der Waals surface area contributed by atoms with Gasteiger partial charge >= 0.3 is 0 Å².